The molecule has 2 rings (SSSR count). The first kappa shape index (κ1) is 15.1. The van der Waals surface area contributed by atoms with E-state index in [4.69, 9.17) is 0 Å². The third-order valence-corrected chi connectivity index (χ3v) is 4.55. The highest BCUT2D eigenvalue weighted by Crippen LogP contribution is 2.31. The fourth-order valence-electron chi connectivity index (χ4n) is 3.25. The summed E-state index contributed by atoms with van der Waals surface area (Å²) in [4.78, 5) is 12.0. The topological polar surface area (TPSA) is 46.9 Å². The van der Waals surface area contributed by atoms with E-state index in [1.807, 2.05) is 20.2 Å². The van der Waals surface area contributed by atoms with Gasteiger partial charge in [-0.05, 0) is 18.8 Å². The van der Waals surface area contributed by atoms with E-state index in [0.29, 0.717) is 18.9 Å². The molecule has 1 fully saturated rings. The minimum absolute atomic E-state index is 0.173. The molecule has 0 radical (unpaired) electrons. The SMILES string of the molecule is Cc1nn(C)cc1CNC(=O)C[C@H](C)C1CCCCC1. The summed E-state index contributed by atoms with van der Waals surface area (Å²) in [6.07, 6.45) is 9.28. The van der Waals surface area contributed by atoms with Crippen molar-refractivity contribution in [1.29, 1.82) is 0 Å². The molecule has 1 aliphatic carbocycles. The Balaban J connectivity index is 1.76. The number of carbonyl (C=O) groups is 1. The summed E-state index contributed by atoms with van der Waals surface area (Å²) in [5, 5.41) is 7.32. The van der Waals surface area contributed by atoms with Crippen LogP contribution in [0.15, 0.2) is 6.20 Å². The molecular formula is C16H27N3O. The van der Waals surface area contributed by atoms with E-state index < -0.39 is 0 Å². The highest BCUT2D eigenvalue weighted by Gasteiger charge is 2.22. The van der Waals surface area contributed by atoms with Crippen LogP contribution < -0.4 is 5.32 Å². The molecule has 1 saturated carbocycles. The van der Waals surface area contributed by atoms with Gasteiger partial charge in [0, 0.05) is 31.8 Å². The molecule has 1 aromatic rings. The largest absolute Gasteiger partial charge is 0.352 e. The van der Waals surface area contributed by atoms with Gasteiger partial charge in [-0.25, -0.2) is 0 Å². The molecule has 0 saturated heterocycles. The van der Waals surface area contributed by atoms with Gasteiger partial charge in [-0.3, -0.25) is 9.48 Å². The molecule has 112 valence electrons. The van der Waals surface area contributed by atoms with Gasteiger partial charge in [-0.2, -0.15) is 5.10 Å². The maximum absolute atomic E-state index is 12.0. The first-order chi connectivity index (χ1) is 9.56. The first-order valence-corrected chi connectivity index (χ1v) is 7.82. The lowest BCUT2D eigenvalue weighted by molar-refractivity contribution is -0.122. The zero-order chi connectivity index (χ0) is 14.5. The molecule has 20 heavy (non-hydrogen) atoms. The van der Waals surface area contributed by atoms with Crippen molar-refractivity contribution in [3.8, 4) is 0 Å². The van der Waals surface area contributed by atoms with E-state index in [9.17, 15) is 4.79 Å². The monoisotopic (exact) mass is 277 g/mol. The molecule has 1 N–H and O–H groups in total. The van der Waals surface area contributed by atoms with Crippen molar-refractivity contribution in [2.24, 2.45) is 18.9 Å². The van der Waals surface area contributed by atoms with Gasteiger partial charge in [0.05, 0.1) is 5.69 Å². The molecule has 1 amide bonds. The van der Waals surface area contributed by atoms with Crippen LogP contribution in [-0.4, -0.2) is 15.7 Å². The second-order valence-corrected chi connectivity index (χ2v) is 6.27. The summed E-state index contributed by atoms with van der Waals surface area (Å²) >= 11 is 0. The first-order valence-electron chi connectivity index (χ1n) is 7.82. The van der Waals surface area contributed by atoms with Crippen LogP contribution in [-0.2, 0) is 18.4 Å². The van der Waals surface area contributed by atoms with Crippen LogP contribution in [0.4, 0.5) is 0 Å². The van der Waals surface area contributed by atoms with Crippen molar-refractivity contribution < 1.29 is 4.79 Å². The van der Waals surface area contributed by atoms with Gasteiger partial charge in [-0.1, -0.05) is 39.0 Å². The Morgan fingerprint density at radius 3 is 2.75 bits per heavy atom. The highest BCUT2D eigenvalue weighted by atomic mass is 16.1. The van der Waals surface area contributed by atoms with E-state index in [1.165, 1.54) is 32.1 Å². The molecule has 4 nitrogen and oxygen atoms in total. The van der Waals surface area contributed by atoms with Gasteiger partial charge in [0.25, 0.3) is 0 Å². The summed E-state index contributed by atoms with van der Waals surface area (Å²) in [5.74, 6) is 1.42. The van der Waals surface area contributed by atoms with Crippen molar-refractivity contribution in [2.45, 2.75) is 58.9 Å². The third kappa shape index (κ3) is 4.09. The predicted octanol–water partition coefficient (Wildman–Crippen LogP) is 2.95. The number of rotatable bonds is 5. The minimum atomic E-state index is 0.173. The van der Waals surface area contributed by atoms with Crippen molar-refractivity contribution in [3.63, 3.8) is 0 Å². The van der Waals surface area contributed by atoms with Crippen LogP contribution in [0.3, 0.4) is 0 Å². The number of nitrogens with zero attached hydrogens (tertiary/aromatic N) is 2. The van der Waals surface area contributed by atoms with Crippen LogP contribution in [0.2, 0.25) is 0 Å². The maximum Gasteiger partial charge on any atom is 0.220 e. The zero-order valence-corrected chi connectivity index (χ0v) is 13.0. The van der Waals surface area contributed by atoms with Crippen molar-refractivity contribution in [3.05, 3.63) is 17.5 Å². The summed E-state index contributed by atoms with van der Waals surface area (Å²) in [6.45, 7) is 4.80. The molecule has 0 bridgehead atoms. The third-order valence-electron chi connectivity index (χ3n) is 4.55. The molecular weight excluding hydrogens is 250 g/mol. The number of carbonyl (C=O) groups excluding carboxylic acids is 1. The van der Waals surface area contributed by atoms with Crippen molar-refractivity contribution >= 4 is 5.91 Å². The van der Waals surface area contributed by atoms with Crippen LogP contribution in [0.25, 0.3) is 0 Å². The predicted molar refractivity (Wildman–Crippen MR) is 80.1 cm³/mol. The summed E-state index contributed by atoms with van der Waals surface area (Å²) in [5.41, 5.74) is 2.10. The average Bonchev–Trinajstić information content (AvgIpc) is 2.75. The number of amides is 1. The van der Waals surface area contributed by atoms with Crippen LogP contribution in [0.5, 0.6) is 0 Å². The van der Waals surface area contributed by atoms with Gasteiger partial charge in [0.15, 0.2) is 0 Å². The van der Waals surface area contributed by atoms with Gasteiger partial charge in [0.1, 0.15) is 0 Å². The van der Waals surface area contributed by atoms with Gasteiger partial charge in [-0.15, -0.1) is 0 Å². The Kier molecular flexibility index (Phi) is 5.21. The lowest BCUT2D eigenvalue weighted by Crippen LogP contribution is -2.27. The second-order valence-electron chi connectivity index (χ2n) is 6.27. The Morgan fingerprint density at radius 1 is 1.45 bits per heavy atom. The van der Waals surface area contributed by atoms with Crippen LogP contribution >= 0.6 is 0 Å². The second kappa shape index (κ2) is 6.91. The fraction of sp³-hybridized carbons (Fsp3) is 0.750. The van der Waals surface area contributed by atoms with E-state index in [-0.39, 0.29) is 5.91 Å². The van der Waals surface area contributed by atoms with Gasteiger partial charge < -0.3 is 5.32 Å². The summed E-state index contributed by atoms with van der Waals surface area (Å²) in [6, 6.07) is 0. The average molecular weight is 277 g/mol. The molecule has 1 heterocycles. The summed E-state index contributed by atoms with van der Waals surface area (Å²) < 4.78 is 1.79. The maximum atomic E-state index is 12.0. The minimum Gasteiger partial charge on any atom is -0.352 e. The van der Waals surface area contributed by atoms with E-state index in [0.717, 1.165) is 17.2 Å². The smallest absolute Gasteiger partial charge is 0.220 e. The van der Waals surface area contributed by atoms with Gasteiger partial charge >= 0.3 is 0 Å². The molecule has 4 heteroatoms. The fourth-order valence-corrected chi connectivity index (χ4v) is 3.25. The Labute approximate surface area is 121 Å². The van der Waals surface area contributed by atoms with Crippen LogP contribution in [0, 0.1) is 18.8 Å². The van der Waals surface area contributed by atoms with E-state index in [2.05, 4.69) is 17.3 Å². The standard InChI is InChI=1S/C16H27N3O/c1-12(14-7-5-4-6-8-14)9-16(20)17-10-15-11-19(3)18-13(15)2/h11-12,14H,4-10H2,1-3H3,(H,17,20)/t12-/m0/s1. The Hall–Kier alpha value is -1.32. The van der Waals surface area contributed by atoms with E-state index in [1.54, 1.807) is 4.68 Å². The number of hydrogen-bond donors (Lipinski definition) is 1. The lowest BCUT2D eigenvalue weighted by atomic mass is 9.79. The van der Waals surface area contributed by atoms with E-state index >= 15 is 0 Å². The molecule has 1 aliphatic rings. The molecule has 0 aromatic carbocycles. The molecule has 1 atom stereocenters. The van der Waals surface area contributed by atoms with Gasteiger partial charge in [0.2, 0.25) is 5.91 Å². The van der Waals surface area contributed by atoms with Crippen molar-refractivity contribution in [1.82, 2.24) is 15.1 Å². The molecule has 0 aliphatic heterocycles. The Bertz CT molecular complexity index is 447. The highest BCUT2D eigenvalue weighted by molar-refractivity contribution is 5.76. The number of aromatic nitrogens is 2. The molecule has 1 aromatic heterocycles. The summed E-state index contributed by atoms with van der Waals surface area (Å²) in [7, 11) is 1.91. The normalized spacial score (nSPS) is 17.9. The quantitative estimate of drug-likeness (QED) is 0.899. The number of hydrogen-bond acceptors (Lipinski definition) is 2. The molecule has 0 spiro atoms. The number of nitrogens with one attached hydrogen (secondary N) is 1. The zero-order valence-electron chi connectivity index (χ0n) is 13.0. The Morgan fingerprint density at radius 2 is 2.15 bits per heavy atom. The number of aryl methyl sites for hydroxylation is 2. The van der Waals surface area contributed by atoms with Crippen molar-refractivity contribution in [2.75, 3.05) is 0 Å². The van der Waals surface area contributed by atoms with Crippen LogP contribution in [0.1, 0.15) is 56.7 Å². The molecule has 0 unspecified atom stereocenters. The lowest BCUT2D eigenvalue weighted by Gasteiger charge is -2.27.